The molecule has 144 valence electrons. The first kappa shape index (κ1) is 16.9. The van der Waals surface area contributed by atoms with Gasteiger partial charge >= 0.3 is 6.03 Å². The minimum Gasteiger partial charge on any atom is -0.461 e. The molecule has 2 N–H and O–H groups in total. The Labute approximate surface area is 163 Å². The molecule has 0 saturated carbocycles. The van der Waals surface area contributed by atoms with Crippen molar-refractivity contribution >= 4 is 34.3 Å². The lowest BCUT2D eigenvalue weighted by Crippen LogP contribution is -2.27. The smallest absolute Gasteiger partial charge is 0.326 e. The summed E-state index contributed by atoms with van der Waals surface area (Å²) in [4.78, 5) is 21.5. The number of fused-ring (bicyclic) bond motifs is 3. The van der Waals surface area contributed by atoms with Crippen molar-refractivity contribution in [2.45, 2.75) is 0 Å². The first-order valence-corrected chi connectivity index (χ1v) is 8.74. The van der Waals surface area contributed by atoms with Gasteiger partial charge in [0.1, 0.15) is 7.05 Å². The zero-order valence-corrected chi connectivity index (χ0v) is 15.6. The lowest BCUT2D eigenvalue weighted by molar-refractivity contribution is -0.671. The Hall–Kier alpha value is -4.28. The largest absolute Gasteiger partial charge is 0.461 e. The SMILES string of the molecule is Cn1cc2c(nc(NC(=O)Nc3cc[n+](C)cc3)n3nc(-c4ccco4)nc23)n1. The van der Waals surface area contributed by atoms with Gasteiger partial charge in [0.15, 0.2) is 29.4 Å². The average molecular weight is 390 g/mol. The van der Waals surface area contributed by atoms with Crippen LogP contribution in [0.3, 0.4) is 0 Å². The maximum absolute atomic E-state index is 12.5. The van der Waals surface area contributed by atoms with E-state index >= 15 is 0 Å². The Bertz CT molecular complexity index is 1330. The molecule has 0 aliphatic rings. The van der Waals surface area contributed by atoms with E-state index in [1.807, 2.05) is 24.0 Å². The Morgan fingerprint density at radius 2 is 1.97 bits per heavy atom. The number of carbonyl (C=O) groups is 1. The number of aryl methyl sites for hydroxylation is 2. The van der Waals surface area contributed by atoms with Crippen molar-refractivity contribution in [3.63, 3.8) is 0 Å². The highest BCUT2D eigenvalue weighted by atomic mass is 16.3. The number of nitrogens with zero attached hydrogens (tertiary/aromatic N) is 7. The molecular formula is C18H16N9O2+. The van der Waals surface area contributed by atoms with Gasteiger partial charge in [-0.25, -0.2) is 14.3 Å². The standard InChI is InChI=1S/C18H15N9O2/c1-25-7-5-11(6-8-25)19-18(28)22-17-21-14-12(10-26(2)23-14)16-20-15(24-27(16)17)13-4-3-9-29-13/h3-10H,1-2H3,(H,21,22,23,28)/p+1. The lowest BCUT2D eigenvalue weighted by Gasteiger charge is -2.07. The summed E-state index contributed by atoms with van der Waals surface area (Å²) in [5, 5.41) is 15.0. The summed E-state index contributed by atoms with van der Waals surface area (Å²) in [6.45, 7) is 0. The van der Waals surface area contributed by atoms with Gasteiger partial charge in [-0.3, -0.25) is 10.00 Å². The maximum Gasteiger partial charge on any atom is 0.326 e. The molecule has 0 aliphatic carbocycles. The molecule has 0 saturated heterocycles. The summed E-state index contributed by atoms with van der Waals surface area (Å²) in [6.07, 6.45) is 7.01. The number of amides is 2. The van der Waals surface area contributed by atoms with E-state index in [9.17, 15) is 4.79 Å². The van der Waals surface area contributed by atoms with Gasteiger partial charge in [-0.05, 0) is 12.1 Å². The molecule has 0 spiro atoms. The molecule has 5 rings (SSSR count). The molecule has 5 aromatic rings. The Kier molecular flexibility index (Phi) is 3.72. The van der Waals surface area contributed by atoms with Crippen molar-refractivity contribution in [3.05, 3.63) is 49.1 Å². The molecule has 29 heavy (non-hydrogen) atoms. The highest BCUT2D eigenvalue weighted by Crippen LogP contribution is 2.23. The third-order valence-corrected chi connectivity index (χ3v) is 4.27. The van der Waals surface area contributed by atoms with Crippen molar-refractivity contribution in [3.8, 4) is 11.6 Å². The minimum atomic E-state index is -0.460. The molecule has 2 amide bonds. The Balaban J connectivity index is 1.56. The van der Waals surface area contributed by atoms with Crippen LogP contribution in [0.25, 0.3) is 28.3 Å². The van der Waals surface area contributed by atoms with Crippen LogP contribution in [-0.4, -0.2) is 35.4 Å². The normalized spacial score (nSPS) is 11.2. The van der Waals surface area contributed by atoms with Crippen LogP contribution in [0.2, 0.25) is 0 Å². The van der Waals surface area contributed by atoms with Crippen molar-refractivity contribution < 1.29 is 13.8 Å². The fourth-order valence-electron chi connectivity index (χ4n) is 2.94. The number of hydrogen-bond donors (Lipinski definition) is 2. The summed E-state index contributed by atoms with van der Waals surface area (Å²) in [6, 6.07) is 6.63. The summed E-state index contributed by atoms with van der Waals surface area (Å²) in [5.41, 5.74) is 1.60. The number of carbonyl (C=O) groups excluding carboxylic acids is 1. The minimum absolute atomic E-state index is 0.190. The van der Waals surface area contributed by atoms with Crippen LogP contribution in [-0.2, 0) is 14.1 Å². The van der Waals surface area contributed by atoms with Crippen LogP contribution in [0, 0.1) is 0 Å². The summed E-state index contributed by atoms with van der Waals surface area (Å²) in [7, 11) is 3.69. The molecule has 0 aromatic carbocycles. The van der Waals surface area contributed by atoms with Crippen molar-refractivity contribution in [1.82, 2.24) is 29.4 Å². The highest BCUT2D eigenvalue weighted by Gasteiger charge is 2.19. The van der Waals surface area contributed by atoms with Crippen LogP contribution in [0.15, 0.2) is 53.5 Å². The Morgan fingerprint density at radius 1 is 1.14 bits per heavy atom. The van der Waals surface area contributed by atoms with E-state index in [-0.39, 0.29) is 5.95 Å². The van der Waals surface area contributed by atoms with Gasteiger partial charge in [-0.15, -0.1) is 5.10 Å². The fourth-order valence-corrected chi connectivity index (χ4v) is 2.94. The highest BCUT2D eigenvalue weighted by molar-refractivity contribution is 6.00. The average Bonchev–Trinajstić information content (AvgIpc) is 3.41. The summed E-state index contributed by atoms with van der Waals surface area (Å²) < 4.78 is 10.4. The second-order valence-electron chi connectivity index (χ2n) is 6.45. The van der Waals surface area contributed by atoms with Gasteiger partial charge in [-0.2, -0.15) is 14.6 Å². The zero-order valence-electron chi connectivity index (χ0n) is 15.6. The number of furan rings is 1. The zero-order chi connectivity index (χ0) is 20.0. The molecule has 0 unspecified atom stereocenters. The van der Waals surface area contributed by atoms with Gasteiger partial charge < -0.3 is 9.73 Å². The van der Waals surface area contributed by atoms with Gasteiger partial charge in [0.25, 0.3) is 0 Å². The lowest BCUT2D eigenvalue weighted by atomic mass is 10.4. The molecule has 0 aliphatic heterocycles. The Morgan fingerprint density at radius 3 is 2.72 bits per heavy atom. The van der Waals surface area contributed by atoms with Crippen LogP contribution in [0.5, 0.6) is 0 Å². The quantitative estimate of drug-likeness (QED) is 0.453. The van der Waals surface area contributed by atoms with E-state index in [0.29, 0.717) is 34.0 Å². The molecular weight excluding hydrogens is 374 g/mol. The van der Waals surface area contributed by atoms with Gasteiger partial charge in [0.05, 0.1) is 17.3 Å². The van der Waals surface area contributed by atoms with Gasteiger partial charge in [0.2, 0.25) is 11.8 Å². The van der Waals surface area contributed by atoms with Crippen LogP contribution in [0.1, 0.15) is 0 Å². The van der Waals surface area contributed by atoms with Crippen molar-refractivity contribution in [2.24, 2.45) is 14.1 Å². The molecule has 0 fully saturated rings. The molecule has 5 aromatic heterocycles. The monoisotopic (exact) mass is 390 g/mol. The molecule has 11 heteroatoms. The van der Waals surface area contributed by atoms with E-state index < -0.39 is 6.03 Å². The van der Waals surface area contributed by atoms with Gasteiger partial charge in [-0.1, -0.05) is 0 Å². The van der Waals surface area contributed by atoms with Crippen LogP contribution in [0.4, 0.5) is 16.4 Å². The third-order valence-electron chi connectivity index (χ3n) is 4.27. The molecule has 5 heterocycles. The number of hydrogen-bond acceptors (Lipinski definition) is 6. The van der Waals surface area contributed by atoms with Crippen molar-refractivity contribution in [1.29, 1.82) is 0 Å². The number of aromatic nitrogens is 7. The summed E-state index contributed by atoms with van der Waals surface area (Å²) in [5.74, 6) is 1.08. The predicted molar refractivity (Wildman–Crippen MR) is 103 cm³/mol. The first-order chi connectivity index (χ1) is 14.1. The van der Waals surface area contributed by atoms with E-state index in [0.717, 1.165) is 0 Å². The second kappa shape index (κ2) is 6.41. The molecule has 0 bridgehead atoms. The molecule has 0 radical (unpaired) electrons. The van der Waals surface area contributed by atoms with Crippen LogP contribution >= 0.6 is 0 Å². The van der Waals surface area contributed by atoms with Crippen LogP contribution < -0.4 is 15.2 Å². The molecule has 11 nitrogen and oxygen atoms in total. The fraction of sp³-hybridized carbons (Fsp3) is 0.111. The molecule has 0 atom stereocenters. The third kappa shape index (κ3) is 3.04. The predicted octanol–water partition coefficient (Wildman–Crippen LogP) is 1.74. The van der Waals surface area contributed by atoms with Crippen molar-refractivity contribution in [2.75, 3.05) is 10.6 Å². The number of rotatable bonds is 3. The van der Waals surface area contributed by atoms with E-state index in [2.05, 4.69) is 30.8 Å². The van der Waals surface area contributed by atoms with E-state index in [4.69, 9.17) is 4.42 Å². The number of nitrogens with one attached hydrogen (secondary N) is 2. The number of urea groups is 1. The summed E-state index contributed by atoms with van der Waals surface area (Å²) >= 11 is 0. The topological polar surface area (TPSA) is 119 Å². The van der Waals surface area contributed by atoms with E-state index in [1.54, 1.807) is 48.5 Å². The second-order valence-corrected chi connectivity index (χ2v) is 6.45. The number of pyridine rings is 1. The van der Waals surface area contributed by atoms with Gasteiger partial charge in [0, 0.05) is 25.4 Å². The first-order valence-electron chi connectivity index (χ1n) is 8.74. The maximum atomic E-state index is 12.5. The number of anilines is 2. The van der Waals surface area contributed by atoms with E-state index in [1.165, 1.54) is 4.52 Å².